The van der Waals surface area contributed by atoms with Crippen molar-refractivity contribution in [3.8, 4) is 5.75 Å². The molecular formula is C26H29N3O2. The van der Waals surface area contributed by atoms with Crippen LogP contribution >= 0.6 is 0 Å². The van der Waals surface area contributed by atoms with Gasteiger partial charge in [-0.1, -0.05) is 54.6 Å². The Balaban J connectivity index is 1.27. The first kappa shape index (κ1) is 21.1. The Morgan fingerprint density at radius 3 is 1.94 bits per heavy atom. The number of piperazine rings is 1. The zero-order chi connectivity index (χ0) is 21.5. The summed E-state index contributed by atoms with van der Waals surface area (Å²) in [5.41, 5.74) is 3.95. The molecule has 0 spiro atoms. The standard InChI is InChI=1S/C26H29N3O2/c1-31-25-10-6-5-9-24(25)26(30)27-23-13-11-22(12-14-23)20-29-17-15-28(16-18-29)19-21-7-3-2-4-8-21/h2-14H,15-20H2,1H3,(H,27,30). The highest BCUT2D eigenvalue weighted by molar-refractivity contribution is 6.06. The summed E-state index contributed by atoms with van der Waals surface area (Å²) in [6.45, 7) is 6.26. The predicted octanol–water partition coefficient (Wildman–Crippen LogP) is 4.27. The lowest BCUT2D eigenvalue weighted by Gasteiger charge is -2.34. The topological polar surface area (TPSA) is 44.8 Å². The number of nitrogens with zero attached hydrogens (tertiary/aromatic N) is 2. The number of para-hydroxylation sites is 1. The molecule has 1 fully saturated rings. The van der Waals surface area contributed by atoms with Crippen LogP contribution < -0.4 is 10.1 Å². The van der Waals surface area contributed by atoms with Crippen LogP contribution in [-0.4, -0.2) is 49.0 Å². The van der Waals surface area contributed by atoms with Gasteiger partial charge in [0.1, 0.15) is 5.75 Å². The molecule has 1 aliphatic rings. The first-order chi connectivity index (χ1) is 15.2. The van der Waals surface area contributed by atoms with Gasteiger partial charge in [0.15, 0.2) is 0 Å². The summed E-state index contributed by atoms with van der Waals surface area (Å²) in [6.07, 6.45) is 0. The fraction of sp³-hybridized carbons (Fsp3) is 0.269. The van der Waals surface area contributed by atoms with E-state index in [1.54, 1.807) is 19.2 Å². The van der Waals surface area contributed by atoms with Crippen molar-refractivity contribution in [2.75, 3.05) is 38.6 Å². The van der Waals surface area contributed by atoms with Crippen molar-refractivity contribution in [3.05, 3.63) is 95.6 Å². The van der Waals surface area contributed by atoms with Crippen LogP contribution in [0.25, 0.3) is 0 Å². The molecule has 5 nitrogen and oxygen atoms in total. The highest BCUT2D eigenvalue weighted by Gasteiger charge is 2.17. The van der Waals surface area contributed by atoms with Gasteiger partial charge in [-0.2, -0.15) is 0 Å². The average molecular weight is 416 g/mol. The van der Waals surface area contributed by atoms with Gasteiger partial charge in [-0.3, -0.25) is 14.6 Å². The van der Waals surface area contributed by atoms with Gasteiger partial charge >= 0.3 is 0 Å². The average Bonchev–Trinajstić information content (AvgIpc) is 2.82. The van der Waals surface area contributed by atoms with Crippen molar-refractivity contribution in [2.45, 2.75) is 13.1 Å². The first-order valence-electron chi connectivity index (χ1n) is 10.7. The summed E-state index contributed by atoms with van der Waals surface area (Å²) in [6, 6.07) is 26.0. The maximum Gasteiger partial charge on any atom is 0.259 e. The van der Waals surface area contributed by atoms with E-state index in [0.29, 0.717) is 11.3 Å². The molecule has 1 aliphatic heterocycles. The molecule has 5 heteroatoms. The van der Waals surface area contributed by atoms with Crippen LogP contribution in [0.4, 0.5) is 5.69 Å². The second kappa shape index (κ2) is 10.2. The normalized spacial score (nSPS) is 14.9. The maximum atomic E-state index is 12.6. The largest absolute Gasteiger partial charge is 0.496 e. The number of rotatable bonds is 7. The van der Waals surface area contributed by atoms with Crippen LogP contribution in [0, 0.1) is 0 Å². The molecule has 0 atom stereocenters. The summed E-state index contributed by atoms with van der Waals surface area (Å²) >= 11 is 0. The van der Waals surface area contributed by atoms with Crippen molar-refractivity contribution in [1.82, 2.24) is 9.80 Å². The minimum Gasteiger partial charge on any atom is -0.496 e. The number of carbonyl (C=O) groups is 1. The molecule has 3 aromatic rings. The highest BCUT2D eigenvalue weighted by Crippen LogP contribution is 2.20. The molecule has 0 aromatic heterocycles. The lowest BCUT2D eigenvalue weighted by molar-refractivity contribution is 0.102. The summed E-state index contributed by atoms with van der Waals surface area (Å²) in [5.74, 6) is 0.405. The van der Waals surface area contributed by atoms with Gasteiger partial charge in [0.25, 0.3) is 5.91 Å². The van der Waals surface area contributed by atoms with Gasteiger partial charge in [-0.15, -0.1) is 0 Å². The van der Waals surface area contributed by atoms with E-state index in [2.05, 4.69) is 57.6 Å². The Kier molecular flexibility index (Phi) is 6.97. The number of methoxy groups -OCH3 is 1. The third kappa shape index (κ3) is 5.72. The van der Waals surface area contributed by atoms with E-state index in [1.165, 1.54) is 11.1 Å². The van der Waals surface area contributed by atoms with Crippen LogP contribution in [0.3, 0.4) is 0 Å². The summed E-state index contributed by atoms with van der Waals surface area (Å²) in [5, 5.41) is 2.95. The molecule has 1 saturated heterocycles. The predicted molar refractivity (Wildman–Crippen MR) is 124 cm³/mol. The smallest absolute Gasteiger partial charge is 0.259 e. The van der Waals surface area contributed by atoms with E-state index < -0.39 is 0 Å². The second-order valence-corrected chi connectivity index (χ2v) is 7.89. The zero-order valence-corrected chi connectivity index (χ0v) is 18.0. The third-order valence-electron chi connectivity index (χ3n) is 5.68. The summed E-state index contributed by atoms with van der Waals surface area (Å²) in [7, 11) is 1.57. The van der Waals surface area contributed by atoms with Gasteiger partial charge < -0.3 is 10.1 Å². The van der Waals surface area contributed by atoms with E-state index in [0.717, 1.165) is 45.0 Å². The SMILES string of the molecule is COc1ccccc1C(=O)Nc1ccc(CN2CCN(Cc3ccccc3)CC2)cc1. The second-order valence-electron chi connectivity index (χ2n) is 7.89. The Hall–Kier alpha value is -3.15. The number of anilines is 1. The number of carbonyl (C=O) groups excluding carboxylic acids is 1. The molecule has 1 amide bonds. The van der Waals surface area contributed by atoms with E-state index in [-0.39, 0.29) is 5.91 Å². The molecule has 0 bridgehead atoms. The Bertz CT molecular complexity index is 981. The Morgan fingerprint density at radius 1 is 0.774 bits per heavy atom. The molecule has 0 aliphatic carbocycles. The van der Waals surface area contributed by atoms with Gasteiger partial charge in [0.05, 0.1) is 12.7 Å². The van der Waals surface area contributed by atoms with Crippen LogP contribution in [0.2, 0.25) is 0 Å². The van der Waals surface area contributed by atoms with Crippen LogP contribution in [0.1, 0.15) is 21.5 Å². The number of amides is 1. The molecule has 1 heterocycles. The number of hydrogen-bond donors (Lipinski definition) is 1. The van der Waals surface area contributed by atoms with Crippen LogP contribution in [-0.2, 0) is 13.1 Å². The monoisotopic (exact) mass is 415 g/mol. The van der Waals surface area contributed by atoms with Gasteiger partial charge in [-0.25, -0.2) is 0 Å². The molecule has 0 saturated carbocycles. The Morgan fingerprint density at radius 2 is 1.32 bits per heavy atom. The lowest BCUT2D eigenvalue weighted by Crippen LogP contribution is -2.45. The zero-order valence-electron chi connectivity index (χ0n) is 18.0. The van der Waals surface area contributed by atoms with Crippen LogP contribution in [0.15, 0.2) is 78.9 Å². The molecule has 4 rings (SSSR count). The number of hydrogen-bond acceptors (Lipinski definition) is 4. The first-order valence-corrected chi connectivity index (χ1v) is 10.7. The number of nitrogens with one attached hydrogen (secondary N) is 1. The minimum atomic E-state index is -0.167. The van der Waals surface area contributed by atoms with Gasteiger partial charge in [0.2, 0.25) is 0 Å². The van der Waals surface area contributed by atoms with E-state index in [4.69, 9.17) is 4.74 Å². The molecule has 1 N–H and O–H groups in total. The van der Waals surface area contributed by atoms with E-state index >= 15 is 0 Å². The Labute approximate surface area is 184 Å². The third-order valence-corrected chi connectivity index (χ3v) is 5.68. The van der Waals surface area contributed by atoms with Crippen molar-refractivity contribution < 1.29 is 9.53 Å². The van der Waals surface area contributed by atoms with Gasteiger partial charge in [-0.05, 0) is 35.4 Å². The maximum absolute atomic E-state index is 12.6. The summed E-state index contributed by atoms with van der Waals surface area (Å²) < 4.78 is 5.28. The molecule has 0 radical (unpaired) electrons. The van der Waals surface area contributed by atoms with Crippen molar-refractivity contribution in [1.29, 1.82) is 0 Å². The van der Waals surface area contributed by atoms with Crippen molar-refractivity contribution in [3.63, 3.8) is 0 Å². The lowest BCUT2D eigenvalue weighted by atomic mass is 10.1. The minimum absolute atomic E-state index is 0.167. The highest BCUT2D eigenvalue weighted by atomic mass is 16.5. The molecule has 31 heavy (non-hydrogen) atoms. The number of benzene rings is 3. The van der Waals surface area contributed by atoms with E-state index in [9.17, 15) is 4.79 Å². The van der Waals surface area contributed by atoms with E-state index in [1.807, 2.05) is 24.3 Å². The van der Waals surface area contributed by atoms with Crippen molar-refractivity contribution >= 4 is 11.6 Å². The quantitative estimate of drug-likeness (QED) is 0.626. The fourth-order valence-electron chi connectivity index (χ4n) is 3.93. The fourth-order valence-corrected chi connectivity index (χ4v) is 3.93. The molecular weight excluding hydrogens is 386 g/mol. The number of ether oxygens (including phenoxy) is 1. The molecule has 3 aromatic carbocycles. The molecule has 0 unspecified atom stereocenters. The summed E-state index contributed by atoms with van der Waals surface area (Å²) in [4.78, 5) is 17.6. The van der Waals surface area contributed by atoms with Crippen molar-refractivity contribution in [2.24, 2.45) is 0 Å². The molecule has 160 valence electrons. The van der Waals surface area contributed by atoms with Gasteiger partial charge in [0, 0.05) is 45.0 Å². The van der Waals surface area contributed by atoms with Crippen LogP contribution in [0.5, 0.6) is 5.75 Å².